The van der Waals surface area contributed by atoms with Gasteiger partial charge >= 0.3 is 0 Å². The van der Waals surface area contributed by atoms with Crippen LogP contribution >= 0.6 is 23.4 Å². The smallest absolute Gasteiger partial charge is 0.161 e. The van der Waals surface area contributed by atoms with E-state index >= 15 is 0 Å². The SMILES string of the molecule is CSC1=NC(c2ccccc2)c2cc(Cl)ccc2N1. The maximum atomic E-state index is 6.12. The van der Waals surface area contributed by atoms with Gasteiger partial charge in [0.1, 0.15) is 6.04 Å². The Labute approximate surface area is 121 Å². The molecule has 0 spiro atoms. The highest BCUT2D eigenvalue weighted by Crippen LogP contribution is 2.37. The summed E-state index contributed by atoms with van der Waals surface area (Å²) in [5.41, 5.74) is 3.38. The zero-order valence-corrected chi connectivity index (χ0v) is 12.0. The predicted octanol–water partition coefficient (Wildman–Crippen LogP) is 4.57. The molecule has 0 bridgehead atoms. The summed E-state index contributed by atoms with van der Waals surface area (Å²) in [6, 6.07) is 16.2. The summed E-state index contributed by atoms with van der Waals surface area (Å²) in [7, 11) is 0. The Morgan fingerprint density at radius 3 is 2.68 bits per heavy atom. The average molecular weight is 289 g/mol. The van der Waals surface area contributed by atoms with Crippen LogP contribution in [0.1, 0.15) is 17.2 Å². The number of thioether (sulfide) groups is 1. The van der Waals surface area contributed by atoms with Crippen LogP contribution in [-0.2, 0) is 0 Å². The number of hydrogen-bond donors (Lipinski definition) is 1. The molecule has 0 saturated heterocycles. The first-order valence-corrected chi connectivity index (χ1v) is 7.61. The number of nitrogens with one attached hydrogen (secondary N) is 1. The van der Waals surface area contributed by atoms with Crippen molar-refractivity contribution in [3.05, 3.63) is 64.7 Å². The van der Waals surface area contributed by atoms with Crippen molar-refractivity contribution in [2.24, 2.45) is 4.99 Å². The molecule has 0 fully saturated rings. The monoisotopic (exact) mass is 288 g/mol. The lowest BCUT2D eigenvalue weighted by atomic mass is 9.97. The molecule has 1 aliphatic rings. The van der Waals surface area contributed by atoms with Gasteiger partial charge in [0, 0.05) is 16.3 Å². The first-order chi connectivity index (χ1) is 9.28. The number of benzene rings is 2. The van der Waals surface area contributed by atoms with Crippen LogP contribution in [0.3, 0.4) is 0 Å². The van der Waals surface area contributed by atoms with E-state index in [1.807, 2.05) is 42.7 Å². The molecule has 2 nitrogen and oxygen atoms in total. The van der Waals surface area contributed by atoms with E-state index in [1.165, 1.54) is 5.56 Å². The second-order valence-corrected chi connectivity index (χ2v) is 5.54. The van der Waals surface area contributed by atoms with Crippen LogP contribution in [0.4, 0.5) is 5.69 Å². The third-order valence-electron chi connectivity index (χ3n) is 3.10. The Morgan fingerprint density at radius 1 is 1.16 bits per heavy atom. The Balaban J connectivity index is 2.13. The topological polar surface area (TPSA) is 24.4 Å². The van der Waals surface area contributed by atoms with Crippen molar-refractivity contribution >= 4 is 34.2 Å². The second kappa shape index (κ2) is 5.27. The van der Waals surface area contributed by atoms with E-state index in [4.69, 9.17) is 16.6 Å². The average Bonchev–Trinajstić information content (AvgIpc) is 2.47. The molecule has 0 aliphatic carbocycles. The van der Waals surface area contributed by atoms with Crippen LogP contribution in [0.15, 0.2) is 53.5 Å². The molecule has 4 heteroatoms. The van der Waals surface area contributed by atoms with Gasteiger partial charge in [0.25, 0.3) is 0 Å². The fourth-order valence-corrected chi connectivity index (χ4v) is 2.80. The van der Waals surface area contributed by atoms with Crippen LogP contribution in [0.2, 0.25) is 5.02 Å². The van der Waals surface area contributed by atoms with Crippen molar-refractivity contribution < 1.29 is 0 Å². The number of aliphatic imine (C=N–C) groups is 1. The normalized spacial score (nSPS) is 17.4. The molecule has 0 amide bonds. The quantitative estimate of drug-likeness (QED) is 0.831. The van der Waals surface area contributed by atoms with Gasteiger partial charge in [-0.05, 0) is 30.0 Å². The molecule has 96 valence electrons. The lowest BCUT2D eigenvalue weighted by Crippen LogP contribution is -2.18. The van der Waals surface area contributed by atoms with Gasteiger partial charge < -0.3 is 5.32 Å². The number of nitrogens with zero attached hydrogens (tertiary/aromatic N) is 1. The minimum absolute atomic E-state index is 0.0126. The standard InChI is InChI=1S/C15H13ClN2S/c1-19-15-17-13-8-7-11(16)9-12(13)14(18-15)10-5-3-2-4-6-10/h2-9,14H,1H3,(H,17,18). The molecule has 2 aromatic carbocycles. The highest BCUT2D eigenvalue weighted by atomic mass is 35.5. The Morgan fingerprint density at radius 2 is 1.95 bits per heavy atom. The maximum absolute atomic E-state index is 6.12. The van der Waals surface area contributed by atoms with E-state index in [0.29, 0.717) is 0 Å². The molecule has 1 heterocycles. The molecule has 19 heavy (non-hydrogen) atoms. The van der Waals surface area contributed by atoms with E-state index in [1.54, 1.807) is 11.8 Å². The van der Waals surface area contributed by atoms with Gasteiger partial charge in [-0.3, -0.25) is 0 Å². The van der Waals surface area contributed by atoms with Crippen molar-refractivity contribution in [3.8, 4) is 0 Å². The highest BCUT2D eigenvalue weighted by molar-refractivity contribution is 8.13. The number of amidine groups is 1. The summed E-state index contributed by atoms with van der Waals surface area (Å²) >= 11 is 7.74. The summed E-state index contributed by atoms with van der Waals surface area (Å²) < 4.78 is 0. The molecule has 0 aromatic heterocycles. The molecule has 1 N–H and O–H groups in total. The Kier molecular flexibility index (Phi) is 3.49. The molecule has 3 rings (SSSR count). The molecule has 0 radical (unpaired) electrons. The molecule has 1 atom stereocenters. The fraction of sp³-hybridized carbons (Fsp3) is 0.133. The van der Waals surface area contributed by atoms with Crippen molar-refractivity contribution in [1.82, 2.24) is 0 Å². The summed E-state index contributed by atoms with van der Waals surface area (Å²) in [5.74, 6) is 0. The van der Waals surface area contributed by atoms with Crippen LogP contribution in [0, 0.1) is 0 Å². The van der Waals surface area contributed by atoms with Crippen LogP contribution in [0.5, 0.6) is 0 Å². The zero-order valence-electron chi connectivity index (χ0n) is 10.4. The van der Waals surface area contributed by atoms with Crippen molar-refractivity contribution in [3.63, 3.8) is 0 Å². The van der Waals surface area contributed by atoms with E-state index in [-0.39, 0.29) is 6.04 Å². The van der Waals surface area contributed by atoms with Gasteiger partial charge in [0.05, 0.1) is 0 Å². The Hall–Kier alpha value is -1.45. The van der Waals surface area contributed by atoms with E-state index in [9.17, 15) is 0 Å². The third-order valence-corrected chi connectivity index (χ3v) is 3.93. The first kappa shape index (κ1) is 12.6. The molecular weight excluding hydrogens is 276 g/mol. The minimum atomic E-state index is 0.0126. The lowest BCUT2D eigenvalue weighted by molar-refractivity contribution is 0.868. The summed E-state index contributed by atoms with van der Waals surface area (Å²) in [4.78, 5) is 4.76. The van der Waals surface area contributed by atoms with Gasteiger partial charge in [0.2, 0.25) is 0 Å². The zero-order chi connectivity index (χ0) is 13.2. The molecular formula is C15H13ClN2S. The van der Waals surface area contributed by atoms with E-state index in [2.05, 4.69) is 17.4 Å². The Bertz CT molecular complexity index is 625. The first-order valence-electron chi connectivity index (χ1n) is 6.01. The summed E-state index contributed by atoms with van der Waals surface area (Å²) in [5, 5.41) is 5.00. The summed E-state index contributed by atoms with van der Waals surface area (Å²) in [6.07, 6.45) is 2.02. The van der Waals surface area contributed by atoms with Gasteiger partial charge in [0.15, 0.2) is 5.17 Å². The number of fused-ring (bicyclic) bond motifs is 1. The molecule has 1 aliphatic heterocycles. The van der Waals surface area contributed by atoms with Gasteiger partial charge in [-0.25, -0.2) is 4.99 Å². The largest absolute Gasteiger partial charge is 0.335 e. The van der Waals surface area contributed by atoms with Crippen molar-refractivity contribution in [2.45, 2.75) is 6.04 Å². The highest BCUT2D eigenvalue weighted by Gasteiger charge is 2.22. The lowest BCUT2D eigenvalue weighted by Gasteiger charge is -2.25. The number of halogens is 1. The van der Waals surface area contributed by atoms with Gasteiger partial charge in [-0.15, -0.1) is 0 Å². The number of hydrogen-bond acceptors (Lipinski definition) is 3. The predicted molar refractivity (Wildman–Crippen MR) is 84.3 cm³/mol. The molecule has 2 aromatic rings. The maximum Gasteiger partial charge on any atom is 0.161 e. The third kappa shape index (κ3) is 2.48. The fourth-order valence-electron chi connectivity index (χ4n) is 2.20. The van der Waals surface area contributed by atoms with E-state index in [0.717, 1.165) is 21.4 Å². The van der Waals surface area contributed by atoms with Crippen molar-refractivity contribution in [2.75, 3.05) is 11.6 Å². The molecule has 0 saturated carbocycles. The number of anilines is 1. The molecule has 1 unspecified atom stereocenters. The van der Waals surface area contributed by atoms with Crippen LogP contribution in [0.25, 0.3) is 0 Å². The van der Waals surface area contributed by atoms with E-state index < -0.39 is 0 Å². The van der Waals surface area contributed by atoms with Gasteiger partial charge in [-0.2, -0.15) is 0 Å². The summed E-state index contributed by atoms with van der Waals surface area (Å²) in [6.45, 7) is 0. The van der Waals surface area contributed by atoms with Crippen LogP contribution < -0.4 is 5.32 Å². The van der Waals surface area contributed by atoms with Gasteiger partial charge in [-0.1, -0.05) is 53.7 Å². The minimum Gasteiger partial charge on any atom is -0.335 e. The number of rotatable bonds is 1. The van der Waals surface area contributed by atoms with Crippen LogP contribution in [-0.4, -0.2) is 11.4 Å². The van der Waals surface area contributed by atoms with Crippen molar-refractivity contribution in [1.29, 1.82) is 0 Å². The second-order valence-electron chi connectivity index (χ2n) is 4.31.